The highest BCUT2D eigenvalue weighted by atomic mass is 16.5. The zero-order valence-corrected chi connectivity index (χ0v) is 22.9. The number of para-hydroxylation sites is 1. The maximum atomic E-state index is 13.0. The minimum atomic E-state index is -0.129. The van der Waals surface area contributed by atoms with Crippen molar-refractivity contribution in [1.29, 1.82) is 0 Å². The van der Waals surface area contributed by atoms with Crippen molar-refractivity contribution in [2.45, 2.75) is 26.4 Å². The van der Waals surface area contributed by atoms with E-state index in [0.717, 1.165) is 46.4 Å². The number of rotatable bonds is 8. The van der Waals surface area contributed by atoms with Gasteiger partial charge in [-0.25, -0.2) is 15.0 Å². The molecule has 5 aromatic rings. The Morgan fingerprint density at radius 3 is 2.90 bits per heavy atom. The van der Waals surface area contributed by atoms with E-state index >= 15 is 0 Å². The molecule has 6 rings (SSSR count). The number of likely N-dealkylation sites (tertiary alicyclic amines) is 1. The molecule has 1 aromatic carbocycles. The Balaban J connectivity index is 1.14. The van der Waals surface area contributed by atoms with Crippen LogP contribution in [-0.4, -0.2) is 76.2 Å². The molecular weight excluding hydrogens is 524 g/mol. The molecule has 5 heterocycles. The van der Waals surface area contributed by atoms with Gasteiger partial charge in [0.15, 0.2) is 5.82 Å². The largest absolute Gasteiger partial charge is 0.459 e. The number of carbonyl (C=O) groups excluding carboxylic acids is 1. The summed E-state index contributed by atoms with van der Waals surface area (Å²) < 4.78 is 7.59. The molecule has 210 valence electrons. The fourth-order valence-corrected chi connectivity index (χ4v) is 4.89. The van der Waals surface area contributed by atoms with Gasteiger partial charge in [-0.1, -0.05) is 12.1 Å². The Morgan fingerprint density at radius 1 is 1.22 bits per heavy atom. The fourth-order valence-electron chi connectivity index (χ4n) is 4.89. The van der Waals surface area contributed by atoms with Gasteiger partial charge in [-0.15, -0.1) is 0 Å². The number of carbonyl (C=O) groups is 1. The van der Waals surface area contributed by atoms with Crippen molar-refractivity contribution in [3.05, 3.63) is 54.2 Å². The van der Waals surface area contributed by atoms with Crippen LogP contribution in [0.25, 0.3) is 22.2 Å². The molecule has 14 nitrogen and oxygen atoms in total. The van der Waals surface area contributed by atoms with Crippen LogP contribution in [0.1, 0.15) is 17.7 Å². The monoisotopic (exact) mass is 554 g/mol. The highest BCUT2D eigenvalue weighted by Gasteiger charge is 2.26. The predicted molar refractivity (Wildman–Crippen MR) is 154 cm³/mol. The maximum absolute atomic E-state index is 13.0. The molecule has 1 saturated heterocycles. The maximum Gasteiger partial charge on any atom is 0.321 e. The fraction of sp³-hybridized carbons (Fsp3) is 0.296. The van der Waals surface area contributed by atoms with Crippen LogP contribution in [0.3, 0.4) is 0 Å². The zero-order chi connectivity index (χ0) is 28.5. The van der Waals surface area contributed by atoms with Crippen molar-refractivity contribution >= 4 is 40.2 Å². The molecule has 41 heavy (non-hydrogen) atoms. The summed E-state index contributed by atoms with van der Waals surface area (Å²) in [5, 5.41) is 11.6. The first-order valence-electron chi connectivity index (χ1n) is 13.2. The van der Waals surface area contributed by atoms with Crippen molar-refractivity contribution in [1.82, 2.24) is 44.6 Å². The molecule has 5 N–H and O–H groups in total. The van der Waals surface area contributed by atoms with E-state index in [0.29, 0.717) is 24.0 Å². The van der Waals surface area contributed by atoms with Gasteiger partial charge < -0.3 is 26.1 Å². The average Bonchev–Trinajstić information content (AvgIpc) is 3.64. The molecule has 1 amide bonds. The number of nitrogens with one attached hydrogen (secondary N) is 3. The lowest BCUT2D eigenvalue weighted by Gasteiger charge is -2.16. The molecule has 1 aliphatic heterocycles. The summed E-state index contributed by atoms with van der Waals surface area (Å²) >= 11 is 0. The van der Waals surface area contributed by atoms with E-state index in [1.54, 1.807) is 10.9 Å². The smallest absolute Gasteiger partial charge is 0.321 e. The van der Waals surface area contributed by atoms with Crippen LogP contribution in [-0.2, 0) is 11.8 Å². The Kier molecular flexibility index (Phi) is 6.89. The Morgan fingerprint density at radius 2 is 2.10 bits per heavy atom. The molecule has 1 unspecified atom stereocenters. The van der Waals surface area contributed by atoms with E-state index in [4.69, 9.17) is 15.5 Å². The van der Waals surface area contributed by atoms with Gasteiger partial charge in [0, 0.05) is 55.2 Å². The lowest BCUT2D eigenvalue weighted by molar-refractivity contribution is -0.117. The Hall–Kier alpha value is -5.11. The van der Waals surface area contributed by atoms with Crippen LogP contribution >= 0.6 is 0 Å². The van der Waals surface area contributed by atoms with Gasteiger partial charge in [0.1, 0.15) is 12.4 Å². The number of nitrogen functional groups attached to an aromatic ring is 1. The summed E-state index contributed by atoms with van der Waals surface area (Å²) in [4.78, 5) is 39.3. The minimum Gasteiger partial charge on any atom is -0.459 e. The number of anilines is 4. The van der Waals surface area contributed by atoms with E-state index in [2.05, 4.69) is 40.7 Å². The van der Waals surface area contributed by atoms with Crippen molar-refractivity contribution in [3.8, 4) is 17.3 Å². The first-order valence-corrected chi connectivity index (χ1v) is 13.2. The van der Waals surface area contributed by atoms with Crippen molar-refractivity contribution in [2.24, 2.45) is 7.05 Å². The number of aromatic nitrogens is 8. The van der Waals surface area contributed by atoms with Crippen LogP contribution in [0.4, 0.5) is 23.4 Å². The van der Waals surface area contributed by atoms with Gasteiger partial charge in [-0.05, 0) is 31.9 Å². The molecular formula is C27H30N12O2. The third kappa shape index (κ3) is 5.63. The lowest BCUT2D eigenvalue weighted by atomic mass is 10.1. The lowest BCUT2D eigenvalue weighted by Crippen LogP contribution is -2.33. The summed E-state index contributed by atoms with van der Waals surface area (Å²) in [6.45, 7) is 5.48. The molecule has 0 aliphatic carbocycles. The Labute approximate surface area is 235 Å². The number of aryl methyl sites for hydroxylation is 3. The summed E-state index contributed by atoms with van der Waals surface area (Å²) in [5.41, 5.74) is 10.8. The third-order valence-electron chi connectivity index (χ3n) is 7.01. The third-order valence-corrected chi connectivity index (χ3v) is 7.01. The number of nitrogens with two attached hydrogens (primary N) is 1. The molecule has 1 atom stereocenters. The number of amides is 1. The normalized spacial score (nSPS) is 15.3. The number of nitrogens with zero attached hydrogens (tertiary/aromatic N) is 8. The first kappa shape index (κ1) is 26.1. The van der Waals surface area contributed by atoms with Crippen LogP contribution in [0.5, 0.6) is 6.01 Å². The predicted octanol–water partition coefficient (Wildman–Crippen LogP) is 2.58. The molecule has 0 radical (unpaired) electrons. The molecule has 4 aromatic heterocycles. The summed E-state index contributed by atoms with van der Waals surface area (Å²) in [5.74, 6) is 1.12. The molecule has 0 saturated carbocycles. The zero-order valence-electron chi connectivity index (χ0n) is 22.9. The van der Waals surface area contributed by atoms with Gasteiger partial charge in [-0.2, -0.15) is 15.1 Å². The molecule has 1 aliphatic rings. The molecule has 1 fully saturated rings. The van der Waals surface area contributed by atoms with Crippen LogP contribution < -0.4 is 21.1 Å². The molecule has 0 spiro atoms. The first-order chi connectivity index (χ1) is 19.8. The van der Waals surface area contributed by atoms with Gasteiger partial charge in [0.25, 0.3) is 0 Å². The highest BCUT2D eigenvalue weighted by Crippen LogP contribution is 2.33. The second kappa shape index (κ2) is 10.8. The number of ether oxygens (including phenoxy) is 1. The van der Waals surface area contributed by atoms with E-state index < -0.39 is 0 Å². The van der Waals surface area contributed by atoms with E-state index in [-0.39, 0.29) is 30.5 Å². The van der Waals surface area contributed by atoms with Crippen LogP contribution in [0, 0.1) is 13.8 Å². The second-order valence-electron chi connectivity index (χ2n) is 10.0. The van der Waals surface area contributed by atoms with Crippen molar-refractivity contribution in [2.75, 3.05) is 36.0 Å². The average molecular weight is 555 g/mol. The minimum absolute atomic E-state index is 0.109. The van der Waals surface area contributed by atoms with Crippen molar-refractivity contribution < 1.29 is 9.53 Å². The van der Waals surface area contributed by atoms with Gasteiger partial charge in [0.2, 0.25) is 17.8 Å². The second-order valence-corrected chi connectivity index (χ2v) is 10.0. The molecule has 0 bridgehead atoms. The van der Waals surface area contributed by atoms with Gasteiger partial charge in [0.05, 0.1) is 23.4 Å². The number of benzene rings is 1. The topological polar surface area (TPSA) is 178 Å². The number of H-pyrrole nitrogens is 1. The summed E-state index contributed by atoms with van der Waals surface area (Å²) in [6.07, 6.45) is 5.63. The number of fused-ring (bicyclic) bond motifs is 1. The summed E-state index contributed by atoms with van der Waals surface area (Å²) in [7, 11) is 1.89. The van der Waals surface area contributed by atoms with Crippen molar-refractivity contribution in [3.63, 3.8) is 0 Å². The Bertz CT molecular complexity index is 1710. The molecule has 14 heteroatoms. The number of aromatic amines is 1. The summed E-state index contributed by atoms with van der Waals surface area (Å²) in [6, 6.07) is 7.93. The van der Waals surface area contributed by atoms with Crippen LogP contribution in [0.15, 0.2) is 43.0 Å². The van der Waals surface area contributed by atoms with Crippen LogP contribution in [0.2, 0.25) is 0 Å². The quantitative estimate of drug-likeness (QED) is 0.222. The SMILES string of the molecule is Cc1cnc(Nc2cc(C)n(C)n2)nc1-c1c[nH]c2c(NC(=O)CN3CCC(Oc4ncnc(N)n4)C3)cccc12. The number of hydrogen-bond donors (Lipinski definition) is 4. The number of hydrogen-bond acceptors (Lipinski definition) is 11. The highest BCUT2D eigenvalue weighted by molar-refractivity contribution is 6.06. The van der Waals surface area contributed by atoms with E-state index in [9.17, 15) is 4.79 Å². The standard InChI is InChI=1S/C27H30N12O2/c1-15-10-30-26(34-21-9-16(2)38(3)37-21)35-23(15)19-11-29-24-18(19)5-4-6-20(24)33-22(40)13-39-8-7-17(12-39)41-27-32-14-31-25(28)36-27/h4-6,9-11,14,17,29H,7-8,12-13H2,1-3H3,(H,33,40)(H2,28,31,32,36)(H,30,34,35,37). The van der Waals surface area contributed by atoms with Gasteiger partial charge >= 0.3 is 6.01 Å². The van der Waals surface area contributed by atoms with E-state index in [1.807, 2.05) is 56.3 Å². The van der Waals surface area contributed by atoms with E-state index in [1.165, 1.54) is 6.33 Å². The van der Waals surface area contributed by atoms with Gasteiger partial charge in [-0.3, -0.25) is 14.4 Å².